The van der Waals surface area contributed by atoms with Gasteiger partial charge in [0.25, 0.3) is 0 Å². The number of unbranched alkanes of at least 4 members (excludes halogenated alkanes) is 2. The van der Waals surface area contributed by atoms with Gasteiger partial charge in [-0.3, -0.25) is 4.79 Å². The van der Waals surface area contributed by atoms with E-state index >= 15 is 0 Å². The number of carbonyl (C=O) groups excluding carboxylic acids is 1. The first-order valence-corrected chi connectivity index (χ1v) is 4.63. The quantitative estimate of drug-likeness (QED) is 0.453. The Kier molecular flexibility index (Phi) is 6.82. The third-order valence-corrected chi connectivity index (χ3v) is 1.74. The smallest absolute Gasteiger partial charge is 0.302 e. The summed E-state index contributed by atoms with van der Waals surface area (Å²) < 4.78 is 4.83. The SMILES string of the molecule is [CH2]C(CCCCC)COC(C)=O. The molecule has 0 aromatic carbocycles. The molecule has 71 valence electrons. The fourth-order valence-electron chi connectivity index (χ4n) is 1.00. The second kappa shape index (κ2) is 7.14. The third-order valence-electron chi connectivity index (χ3n) is 1.74. The molecule has 1 atom stereocenters. The van der Waals surface area contributed by atoms with Crippen LogP contribution in [0, 0.1) is 12.8 Å². The third kappa shape index (κ3) is 7.58. The highest BCUT2D eigenvalue weighted by molar-refractivity contribution is 5.65. The molecule has 0 saturated heterocycles. The Bertz CT molecular complexity index is 121. The standard InChI is InChI=1S/C10H19O2/c1-4-5-6-7-9(2)8-12-10(3)11/h9H,2,4-8H2,1,3H3. The van der Waals surface area contributed by atoms with Crippen molar-refractivity contribution in [3.8, 4) is 0 Å². The molecular weight excluding hydrogens is 152 g/mol. The maximum Gasteiger partial charge on any atom is 0.302 e. The van der Waals surface area contributed by atoms with Gasteiger partial charge in [0.1, 0.15) is 0 Å². The van der Waals surface area contributed by atoms with Crippen LogP contribution in [0.3, 0.4) is 0 Å². The molecular formula is C10H19O2. The zero-order valence-corrected chi connectivity index (χ0v) is 8.14. The first kappa shape index (κ1) is 11.5. The first-order valence-electron chi connectivity index (χ1n) is 4.63. The number of hydrogen-bond acceptors (Lipinski definition) is 2. The van der Waals surface area contributed by atoms with Crippen LogP contribution in [0.15, 0.2) is 0 Å². The molecule has 0 N–H and O–H groups in total. The maximum absolute atomic E-state index is 10.4. The van der Waals surface area contributed by atoms with Crippen LogP contribution in [0.4, 0.5) is 0 Å². The molecule has 0 aromatic rings. The lowest BCUT2D eigenvalue weighted by Crippen LogP contribution is -2.09. The Balaban J connectivity index is 3.21. The summed E-state index contributed by atoms with van der Waals surface area (Å²) in [6.45, 7) is 7.98. The molecule has 0 aromatic heterocycles. The summed E-state index contributed by atoms with van der Waals surface area (Å²) in [5.74, 6) is 0.0552. The van der Waals surface area contributed by atoms with Crippen LogP contribution in [0.5, 0.6) is 0 Å². The predicted octanol–water partition coefficient (Wildman–Crippen LogP) is 2.58. The lowest BCUT2D eigenvalue weighted by molar-refractivity contribution is -0.141. The fourth-order valence-corrected chi connectivity index (χ4v) is 1.00. The van der Waals surface area contributed by atoms with Gasteiger partial charge in [0.15, 0.2) is 0 Å². The van der Waals surface area contributed by atoms with Gasteiger partial charge in [0, 0.05) is 6.92 Å². The fraction of sp³-hybridized carbons (Fsp3) is 0.800. The molecule has 0 aliphatic carbocycles. The first-order chi connectivity index (χ1) is 5.66. The molecule has 0 heterocycles. The normalized spacial score (nSPS) is 12.6. The van der Waals surface area contributed by atoms with Gasteiger partial charge in [-0.2, -0.15) is 0 Å². The monoisotopic (exact) mass is 171 g/mol. The average Bonchev–Trinajstić information content (AvgIpc) is 2.01. The van der Waals surface area contributed by atoms with Crippen molar-refractivity contribution < 1.29 is 9.53 Å². The minimum absolute atomic E-state index is 0.209. The van der Waals surface area contributed by atoms with Crippen molar-refractivity contribution in [1.29, 1.82) is 0 Å². The highest BCUT2D eigenvalue weighted by Crippen LogP contribution is 2.08. The van der Waals surface area contributed by atoms with Crippen molar-refractivity contribution in [3.05, 3.63) is 6.92 Å². The molecule has 12 heavy (non-hydrogen) atoms. The second-order valence-electron chi connectivity index (χ2n) is 3.16. The number of hydrogen-bond donors (Lipinski definition) is 0. The summed E-state index contributed by atoms with van der Waals surface area (Å²) >= 11 is 0. The van der Waals surface area contributed by atoms with Crippen LogP contribution in [0.1, 0.15) is 39.5 Å². The Morgan fingerprint density at radius 1 is 1.50 bits per heavy atom. The van der Waals surface area contributed by atoms with Gasteiger partial charge in [0.05, 0.1) is 6.61 Å². The van der Waals surface area contributed by atoms with Crippen molar-refractivity contribution in [2.75, 3.05) is 6.61 Å². The molecule has 0 spiro atoms. The Hall–Kier alpha value is -0.530. The molecule has 0 rings (SSSR count). The lowest BCUT2D eigenvalue weighted by atomic mass is 10.0. The molecule has 1 radical (unpaired) electrons. The van der Waals surface area contributed by atoms with Gasteiger partial charge < -0.3 is 4.74 Å². The molecule has 0 amide bonds. The summed E-state index contributed by atoms with van der Waals surface area (Å²) in [5.41, 5.74) is 0. The minimum Gasteiger partial charge on any atom is -0.466 e. The van der Waals surface area contributed by atoms with Crippen LogP contribution in [0.25, 0.3) is 0 Å². The summed E-state index contributed by atoms with van der Waals surface area (Å²) in [6.07, 6.45) is 4.71. The van der Waals surface area contributed by atoms with E-state index in [-0.39, 0.29) is 11.9 Å². The van der Waals surface area contributed by atoms with Gasteiger partial charge >= 0.3 is 5.97 Å². The van der Waals surface area contributed by atoms with E-state index in [1.807, 2.05) is 0 Å². The number of carbonyl (C=O) groups is 1. The van der Waals surface area contributed by atoms with E-state index in [1.165, 1.54) is 26.2 Å². The summed E-state index contributed by atoms with van der Waals surface area (Å²) in [4.78, 5) is 10.4. The highest BCUT2D eigenvalue weighted by atomic mass is 16.5. The Labute approximate surface area is 75.3 Å². The molecule has 0 bridgehead atoms. The molecule has 0 aliphatic rings. The van der Waals surface area contributed by atoms with E-state index in [0.29, 0.717) is 6.61 Å². The van der Waals surface area contributed by atoms with Gasteiger partial charge in [-0.05, 0) is 19.3 Å². The highest BCUT2D eigenvalue weighted by Gasteiger charge is 2.03. The lowest BCUT2D eigenvalue weighted by Gasteiger charge is -2.09. The van der Waals surface area contributed by atoms with Crippen molar-refractivity contribution in [2.45, 2.75) is 39.5 Å². The van der Waals surface area contributed by atoms with Gasteiger partial charge in [-0.25, -0.2) is 0 Å². The van der Waals surface area contributed by atoms with Crippen molar-refractivity contribution in [2.24, 2.45) is 5.92 Å². The molecule has 2 heteroatoms. The van der Waals surface area contributed by atoms with Crippen molar-refractivity contribution in [3.63, 3.8) is 0 Å². The van der Waals surface area contributed by atoms with E-state index in [1.54, 1.807) is 0 Å². The summed E-state index contributed by atoms with van der Waals surface area (Å²) in [5, 5.41) is 0. The van der Waals surface area contributed by atoms with E-state index < -0.39 is 0 Å². The molecule has 0 saturated carbocycles. The van der Waals surface area contributed by atoms with E-state index in [2.05, 4.69) is 13.8 Å². The minimum atomic E-state index is -0.209. The van der Waals surface area contributed by atoms with Crippen LogP contribution < -0.4 is 0 Å². The molecule has 0 fully saturated rings. The predicted molar refractivity (Wildman–Crippen MR) is 49.6 cm³/mol. The maximum atomic E-state index is 10.4. The van der Waals surface area contributed by atoms with Crippen LogP contribution in [0.2, 0.25) is 0 Å². The molecule has 1 unspecified atom stereocenters. The van der Waals surface area contributed by atoms with Gasteiger partial charge in [-0.1, -0.05) is 26.2 Å². The second-order valence-corrected chi connectivity index (χ2v) is 3.16. The Morgan fingerprint density at radius 2 is 2.17 bits per heavy atom. The number of rotatable bonds is 6. The van der Waals surface area contributed by atoms with Crippen LogP contribution in [-0.2, 0) is 9.53 Å². The number of esters is 1. The van der Waals surface area contributed by atoms with Crippen LogP contribution in [-0.4, -0.2) is 12.6 Å². The Morgan fingerprint density at radius 3 is 2.67 bits per heavy atom. The van der Waals surface area contributed by atoms with Crippen LogP contribution >= 0.6 is 0 Å². The van der Waals surface area contributed by atoms with Crippen molar-refractivity contribution in [1.82, 2.24) is 0 Å². The summed E-state index contributed by atoms with van der Waals surface area (Å²) in [7, 11) is 0. The molecule has 2 nitrogen and oxygen atoms in total. The van der Waals surface area contributed by atoms with Crippen molar-refractivity contribution >= 4 is 5.97 Å². The number of ether oxygens (including phenoxy) is 1. The van der Waals surface area contributed by atoms with Gasteiger partial charge in [-0.15, -0.1) is 0 Å². The van der Waals surface area contributed by atoms with Gasteiger partial charge in [0.2, 0.25) is 0 Å². The zero-order valence-electron chi connectivity index (χ0n) is 8.14. The van der Waals surface area contributed by atoms with E-state index in [0.717, 1.165) is 6.42 Å². The zero-order chi connectivity index (χ0) is 9.40. The topological polar surface area (TPSA) is 26.3 Å². The molecule has 0 aliphatic heterocycles. The average molecular weight is 171 g/mol. The van der Waals surface area contributed by atoms with E-state index in [4.69, 9.17) is 4.74 Å². The summed E-state index contributed by atoms with van der Waals surface area (Å²) in [6, 6.07) is 0. The van der Waals surface area contributed by atoms with E-state index in [9.17, 15) is 4.79 Å². The largest absolute Gasteiger partial charge is 0.466 e.